The Hall–Kier alpha value is -1.14. The summed E-state index contributed by atoms with van der Waals surface area (Å²) in [7, 11) is -3.50. The largest absolute Gasteiger partial charge is 0.370 e. The van der Waals surface area contributed by atoms with Crippen molar-refractivity contribution in [1.29, 1.82) is 0 Å². The number of nitrogens with zero attached hydrogens (tertiary/aromatic N) is 2. The van der Waals surface area contributed by atoms with Gasteiger partial charge in [-0.25, -0.2) is 13.4 Å². The van der Waals surface area contributed by atoms with Gasteiger partial charge in [-0.3, -0.25) is 0 Å². The van der Waals surface area contributed by atoms with Crippen molar-refractivity contribution in [2.75, 3.05) is 11.9 Å². The molecule has 0 bridgehead atoms. The predicted octanol–water partition coefficient (Wildman–Crippen LogP) is 3.10. The maximum atomic E-state index is 12.7. The molecule has 21 heavy (non-hydrogen) atoms. The van der Waals surface area contributed by atoms with Crippen molar-refractivity contribution >= 4 is 15.8 Å². The van der Waals surface area contributed by atoms with Gasteiger partial charge in [0.25, 0.3) is 0 Å². The molecule has 1 heterocycles. The SMILES string of the molecule is CCCCNc1ccc(S(=O)(=O)N(C(C)C)C(C)C)cn1. The van der Waals surface area contributed by atoms with Gasteiger partial charge in [-0.15, -0.1) is 0 Å². The van der Waals surface area contributed by atoms with Crippen molar-refractivity contribution < 1.29 is 8.42 Å². The average Bonchev–Trinajstić information content (AvgIpc) is 2.38. The maximum absolute atomic E-state index is 12.7. The minimum atomic E-state index is -3.50. The molecule has 5 nitrogen and oxygen atoms in total. The van der Waals surface area contributed by atoms with E-state index in [1.807, 2.05) is 27.7 Å². The zero-order valence-corrected chi connectivity index (χ0v) is 14.4. The van der Waals surface area contributed by atoms with Crippen LogP contribution in [-0.4, -0.2) is 36.3 Å². The first-order chi connectivity index (χ1) is 9.80. The van der Waals surface area contributed by atoms with Crippen LogP contribution in [0.5, 0.6) is 0 Å². The fourth-order valence-electron chi connectivity index (χ4n) is 2.30. The van der Waals surface area contributed by atoms with Crippen LogP contribution in [-0.2, 0) is 10.0 Å². The highest BCUT2D eigenvalue weighted by Crippen LogP contribution is 2.21. The van der Waals surface area contributed by atoms with Crippen LogP contribution in [0.3, 0.4) is 0 Å². The number of sulfonamides is 1. The van der Waals surface area contributed by atoms with Gasteiger partial charge in [-0.05, 0) is 46.2 Å². The number of hydrogen-bond donors (Lipinski definition) is 1. The van der Waals surface area contributed by atoms with Crippen LogP contribution in [0, 0.1) is 0 Å². The van der Waals surface area contributed by atoms with Gasteiger partial charge in [0.1, 0.15) is 10.7 Å². The molecule has 0 atom stereocenters. The van der Waals surface area contributed by atoms with Crippen molar-refractivity contribution in [2.24, 2.45) is 0 Å². The van der Waals surface area contributed by atoms with Crippen molar-refractivity contribution in [3.8, 4) is 0 Å². The Kier molecular flexibility index (Phi) is 6.61. The summed E-state index contributed by atoms with van der Waals surface area (Å²) in [6.45, 7) is 10.5. The van der Waals surface area contributed by atoms with E-state index in [0.717, 1.165) is 19.4 Å². The lowest BCUT2D eigenvalue weighted by atomic mass is 10.3. The van der Waals surface area contributed by atoms with Gasteiger partial charge in [-0.1, -0.05) is 13.3 Å². The molecule has 120 valence electrons. The van der Waals surface area contributed by atoms with Gasteiger partial charge in [0, 0.05) is 24.8 Å². The van der Waals surface area contributed by atoms with Gasteiger partial charge in [0.2, 0.25) is 10.0 Å². The van der Waals surface area contributed by atoms with E-state index in [9.17, 15) is 8.42 Å². The van der Waals surface area contributed by atoms with E-state index in [-0.39, 0.29) is 17.0 Å². The second-order valence-electron chi connectivity index (χ2n) is 5.68. The standard InChI is InChI=1S/C15H27N3O2S/c1-6-7-10-16-15-9-8-14(11-17-15)21(19,20)18(12(2)3)13(4)5/h8-9,11-13H,6-7,10H2,1-5H3,(H,16,17). The van der Waals surface area contributed by atoms with E-state index in [1.165, 1.54) is 10.5 Å². The number of pyridine rings is 1. The molecule has 1 aromatic rings. The van der Waals surface area contributed by atoms with Gasteiger partial charge in [0.15, 0.2) is 0 Å². The van der Waals surface area contributed by atoms with Crippen LogP contribution in [0.15, 0.2) is 23.2 Å². The molecule has 0 amide bonds. The van der Waals surface area contributed by atoms with Gasteiger partial charge < -0.3 is 5.32 Å². The highest BCUT2D eigenvalue weighted by Gasteiger charge is 2.29. The Bertz CT molecular complexity index is 516. The number of rotatable bonds is 8. The first-order valence-corrected chi connectivity index (χ1v) is 8.98. The summed E-state index contributed by atoms with van der Waals surface area (Å²) < 4.78 is 26.8. The number of nitrogens with one attached hydrogen (secondary N) is 1. The Balaban J connectivity index is 2.94. The van der Waals surface area contributed by atoms with Crippen molar-refractivity contribution in [2.45, 2.75) is 64.4 Å². The second-order valence-corrected chi connectivity index (χ2v) is 7.53. The third-order valence-corrected chi connectivity index (χ3v) is 5.40. The Morgan fingerprint density at radius 2 is 1.81 bits per heavy atom. The molecule has 0 saturated heterocycles. The molecule has 0 aliphatic heterocycles. The van der Waals surface area contributed by atoms with E-state index in [0.29, 0.717) is 5.82 Å². The van der Waals surface area contributed by atoms with Crippen LogP contribution < -0.4 is 5.32 Å². The molecule has 6 heteroatoms. The van der Waals surface area contributed by atoms with E-state index >= 15 is 0 Å². The predicted molar refractivity (Wildman–Crippen MR) is 86.9 cm³/mol. The lowest BCUT2D eigenvalue weighted by Gasteiger charge is -2.29. The Morgan fingerprint density at radius 3 is 2.24 bits per heavy atom. The maximum Gasteiger partial charge on any atom is 0.245 e. The molecule has 0 saturated carbocycles. The molecule has 0 aromatic carbocycles. The molecule has 0 spiro atoms. The first kappa shape index (κ1) is 17.9. The normalized spacial score (nSPS) is 12.4. The lowest BCUT2D eigenvalue weighted by Crippen LogP contribution is -2.41. The molecule has 0 radical (unpaired) electrons. The quantitative estimate of drug-likeness (QED) is 0.749. The van der Waals surface area contributed by atoms with E-state index in [1.54, 1.807) is 12.1 Å². The summed E-state index contributed by atoms with van der Waals surface area (Å²) >= 11 is 0. The van der Waals surface area contributed by atoms with Crippen LogP contribution in [0.4, 0.5) is 5.82 Å². The zero-order valence-electron chi connectivity index (χ0n) is 13.6. The summed E-state index contributed by atoms with van der Waals surface area (Å²) in [6.07, 6.45) is 3.61. The molecule has 1 rings (SSSR count). The van der Waals surface area contributed by atoms with Crippen molar-refractivity contribution in [3.63, 3.8) is 0 Å². The monoisotopic (exact) mass is 313 g/mol. The van der Waals surface area contributed by atoms with Gasteiger partial charge in [-0.2, -0.15) is 4.31 Å². The van der Waals surface area contributed by atoms with Crippen molar-refractivity contribution in [1.82, 2.24) is 9.29 Å². The number of hydrogen-bond acceptors (Lipinski definition) is 4. The van der Waals surface area contributed by atoms with Crippen LogP contribution in [0.2, 0.25) is 0 Å². The number of aromatic nitrogens is 1. The molecule has 1 N–H and O–H groups in total. The molecule has 0 aliphatic rings. The van der Waals surface area contributed by atoms with Gasteiger partial charge in [0.05, 0.1) is 0 Å². The van der Waals surface area contributed by atoms with Crippen molar-refractivity contribution in [3.05, 3.63) is 18.3 Å². The van der Waals surface area contributed by atoms with E-state index in [4.69, 9.17) is 0 Å². The van der Waals surface area contributed by atoms with E-state index in [2.05, 4.69) is 17.2 Å². The molecular formula is C15H27N3O2S. The average molecular weight is 313 g/mol. The smallest absolute Gasteiger partial charge is 0.245 e. The number of anilines is 1. The lowest BCUT2D eigenvalue weighted by molar-refractivity contribution is 0.302. The molecular weight excluding hydrogens is 286 g/mol. The Labute approximate surface area is 128 Å². The van der Waals surface area contributed by atoms with Crippen LogP contribution in [0.1, 0.15) is 47.5 Å². The minimum absolute atomic E-state index is 0.0858. The highest BCUT2D eigenvalue weighted by molar-refractivity contribution is 7.89. The summed E-state index contributed by atoms with van der Waals surface area (Å²) in [5.41, 5.74) is 0. The summed E-state index contributed by atoms with van der Waals surface area (Å²) in [4.78, 5) is 4.44. The molecule has 0 aliphatic carbocycles. The highest BCUT2D eigenvalue weighted by atomic mass is 32.2. The third-order valence-electron chi connectivity index (χ3n) is 3.17. The Morgan fingerprint density at radius 1 is 1.19 bits per heavy atom. The first-order valence-electron chi connectivity index (χ1n) is 7.54. The van der Waals surface area contributed by atoms with E-state index < -0.39 is 10.0 Å². The topological polar surface area (TPSA) is 62.3 Å². The van der Waals surface area contributed by atoms with Crippen LogP contribution in [0.25, 0.3) is 0 Å². The van der Waals surface area contributed by atoms with Gasteiger partial charge >= 0.3 is 0 Å². The number of unbranched alkanes of at least 4 members (excludes halogenated alkanes) is 1. The second kappa shape index (κ2) is 7.75. The molecule has 0 unspecified atom stereocenters. The third kappa shape index (κ3) is 4.68. The minimum Gasteiger partial charge on any atom is -0.370 e. The molecule has 0 fully saturated rings. The zero-order chi connectivity index (χ0) is 16.0. The fourth-order valence-corrected chi connectivity index (χ4v) is 4.08. The molecule has 1 aromatic heterocycles. The fraction of sp³-hybridized carbons (Fsp3) is 0.667. The summed E-state index contributed by atoms with van der Waals surface area (Å²) in [6, 6.07) is 3.17. The summed E-state index contributed by atoms with van der Waals surface area (Å²) in [5, 5.41) is 3.18. The summed E-state index contributed by atoms with van der Waals surface area (Å²) in [5.74, 6) is 0.711. The van der Waals surface area contributed by atoms with Crippen LogP contribution >= 0.6 is 0 Å².